The van der Waals surface area contributed by atoms with Crippen molar-refractivity contribution in [3.05, 3.63) is 33.8 Å². The van der Waals surface area contributed by atoms with Crippen LogP contribution in [0.3, 0.4) is 0 Å². The lowest BCUT2D eigenvalue weighted by molar-refractivity contribution is 0.592. The highest BCUT2D eigenvalue weighted by Crippen LogP contribution is 2.26. The Morgan fingerprint density at radius 3 is 2.35 bits per heavy atom. The van der Waals surface area contributed by atoms with Crippen molar-refractivity contribution in [2.45, 2.75) is 12.5 Å². The predicted molar refractivity (Wildman–Crippen MR) is 75.0 cm³/mol. The van der Waals surface area contributed by atoms with E-state index in [0.29, 0.717) is 16.5 Å². The van der Waals surface area contributed by atoms with E-state index in [0.717, 1.165) is 5.56 Å². The largest absolute Gasteiger partial charge is 0.324 e. The molecule has 0 fully saturated rings. The Hall–Kier alpha value is -0.000000000000000167. The van der Waals surface area contributed by atoms with E-state index in [2.05, 4.69) is 0 Å². The lowest BCUT2D eigenvalue weighted by Crippen LogP contribution is -2.15. The van der Waals surface area contributed by atoms with Gasteiger partial charge in [0.15, 0.2) is 0 Å². The lowest BCUT2D eigenvalue weighted by Gasteiger charge is -2.12. The second-order valence-electron chi connectivity index (χ2n) is 3.70. The van der Waals surface area contributed by atoms with Gasteiger partial charge in [0.05, 0.1) is 15.8 Å². The van der Waals surface area contributed by atoms with Crippen molar-refractivity contribution in [3.63, 3.8) is 0 Å². The second kappa shape index (κ2) is 6.81. The zero-order valence-electron chi connectivity index (χ0n) is 9.19. The van der Waals surface area contributed by atoms with Gasteiger partial charge in [-0.2, -0.15) is 0 Å². The summed E-state index contributed by atoms with van der Waals surface area (Å²) in [6.07, 6.45) is 1.56. The number of nitrogens with two attached hydrogens (primary N) is 1. The molecule has 17 heavy (non-hydrogen) atoms. The predicted octanol–water partition coefficient (Wildman–Crippen LogP) is 2.85. The van der Waals surface area contributed by atoms with Crippen LogP contribution in [0, 0.1) is 0 Å². The molecule has 0 amide bonds. The van der Waals surface area contributed by atoms with Crippen molar-refractivity contribution < 1.29 is 8.42 Å². The van der Waals surface area contributed by atoms with Gasteiger partial charge in [-0.05, 0) is 24.1 Å². The summed E-state index contributed by atoms with van der Waals surface area (Å²) in [6.45, 7) is 0. The van der Waals surface area contributed by atoms with E-state index in [4.69, 9.17) is 28.9 Å². The van der Waals surface area contributed by atoms with E-state index in [9.17, 15) is 8.42 Å². The molecule has 1 aromatic carbocycles. The van der Waals surface area contributed by atoms with Crippen molar-refractivity contribution >= 4 is 45.4 Å². The molecule has 1 atom stereocenters. The molecule has 0 radical (unpaired) electrons. The van der Waals surface area contributed by atoms with Gasteiger partial charge in [-0.25, -0.2) is 8.42 Å². The van der Waals surface area contributed by atoms with Gasteiger partial charge in [0, 0.05) is 12.3 Å². The lowest BCUT2D eigenvalue weighted by atomic mass is 10.1. The molecule has 0 unspecified atom stereocenters. The van der Waals surface area contributed by atoms with Crippen LogP contribution in [-0.4, -0.2) is 20.4 Å². The van der Waals surface area contributed by atoms with E-state index in [1.165, 1.54) is 6.26 Å². The summed E-state index contributed by atoms with van der Waals surface area (Å²) in [4.78, 5) is 0. The molecule has 0 aliphatic rings. The maximum atomic E-state index is 11.0. The summed E-state index contributed by atoms with van der Waals surface area (Å²) in [5.74, 6) is 0.0639. The summed E-state index contributed by atoms with van der Waals surface area (Å²) in [7, 11) is -2.98. The van der Waals surface area contributed by atoms with Gasteiger partial charge in [0.2, 0.25) is 0 Å². The smallest absolute Gasteiger partial charge is 0.147 e. The minimum Gasteiger partial charge on any atom is -0.324 e. The van der Waals surface area contributed by atoms with Crippen LogP contribution in [-0.2, 0) is 9.84 Å². The molecule has 2 N–H and O–H groups in total. The molecule has 7 heteroatoms. The Kier molecular flexibility index (Phi) is 6.81. The van der Waals surface area contributed by atoms with Gasteiger partial charge in [0.25, 0.3) is 0 Å². The van der Waals surface area contributed by atoms with E-state index in [1.807, 2.05) is 0 Å². The van der Waals surface area contributed by atoms with Crippen molar-refractivity contribution in [1.82, 2.24) is 0 Å². The summed E-state index contributed by atoms with van der Waals surface area (Å²) >= 11 is 11.6. The first kappa shape index (κ1) is 17.0. The maximum Gasteiger partial charge on any atom is 0.147 e. The Morgan fingerprint density at radius 2 is 1.88 bits per heavy atom. The first-order valence-corrected chi connectivity index (χ1v) is 7.49. The van der Waals surface area contributed by atoms with Crippen LogP contribution in [0.1, 0.15) is 18.0 Å². The fraction of sp³-hybridized carbons (Fsp3) is 0.400. The zero-order chi connectivity index (χ0) is 12.3. The topological polar surface area (TPSA) is 60.2 Å². The molecular weight excluding hydrogens is 305 g/mol. The Balaban J connectivity index is 0.00000256. The summed E-state index contributed by atoms with van der Waals surface area (Å²) in [6, 6.07) is 4.72. The van der Waals surface area contributed by atoms with Gasteiger partial charge in [-0.1, -0.05) is 29.3 Å². The van der Waals surface area contributed by atoms with Crippen LogP contribution < -0.4 is 5.73 Å². The van der Waals surface area contributed by atoms with E-state index < -0.39 is 9.84 Å². The standard InChI is InChI=1S/C10H13Cl2NO2S.ClH/c1-16(14,15)5-4-10(13)7-2-3-8(11)9(12)6-7;/h2-3,6,10H,4-5,13H2,1H3;1H/t10-;/m1./s1. The molecular formula is C10H14Cl3NO2S. The number of halogens is 3. The SMILES string of the molecule is CS(=O)(=O)CC[C@@H](N)c1ccc(Cl)c(Cl)c1.Cl. The fourth-order valence-corrected chi connectivity index (χ4v) is 2.24. The number of benzene rings is 1. The highest BCUT2D eigenvalue weighted by Gasteiger charge is 2.11. The van der Waals surface area contributed by atoms with Crippen LogP contribution in [0.5, 0.6) is 0 Å². The summed E-state index contributed by atoms with van der Waals surface area (Å²) in [5, 5.41) is 0.884. The molecule has 0 spiro atoms. The Labute approximate surface area is 118 Å². The minimum atomic E-state index is -2.98. The monoisotopic (exact) mass is 317 g/mol. The molecule has 3 nitrogen and oxygen atoms in total. The van der Waals surface area contributed by atoms with Crippen LogP contribution in [0.4, 0.5) is 0 Å². The third-order valence-electron chi connectivity index (χ3n) is 2.17. The normalized spacial score (nSPS) is 12.9. The molecule has 0 saturated heterocycles. The summed E-state index contributed by atoms with van der Waals surface area (Å²) in [5.41, 5.74) is 6.64. The second-order valence-corrected chi connectivity index (χ2v) is 6.77. The number of rotatable bonds is 4. The number of hydrogen-bond acceptors (Lipinski definition) is 3. The molecule has 1 aromatic rings. The van der Waals surface area contributed by atoms with Gasteiger partial charge >= 0.3 is 0 Å². The number of sulfone groups is 1. The first-order chi connectivity index (χ1) is 7.29. The fourth-order valence-electron chi connectivity index (χ4n) is 1.25. The van der Waals surface area contributed by atoms with Gasteiger partial charge in [-0.15, -0.1) is 12.4 Å². The van der Waals surface area contributed by atoms with Gasteiger partial charge in [-0.3, -0.25) is 0 Å². The van der Waals surface area contributed by atoms with Gasteiger partial charge < -0.3 is 5.73 Å². The van der Waals surface area contributed by atoms with Crippen LogP contribution in [0.2, 0.25) is 10.0 Å². The van der Waals surface area contributed by atoms with Crippen molar-refractivity contribution in [2.24, 2.45) is 5.73 Å². The Morgan fingerprint density at radius 1 is 1.29 bits per heavy atom. The summed E-state index contributed by atoms with van der Waals surface area (Å²) < 4.78 is 22.0. The highest BCUT2D eigenvalue weighted by molar-refractivity contribution is 7.90. The Bertz CT molecular complexity index is 476. The third kappa shape index (κ3) is 5.93. The van der Waals surface area contributed by atoms with E-state index in [-0.39, 0.29) is 24.2 Å². The zero-order valence-corrected chi connectivity index (χ0v) is 12.3. The molecule has 1 rings (SSSR count). The third-order valence-corrected chi connectivity index (χ3v) is 3.89. The average Bonchev–Trinajstić information content (AvgIpc) is 2.17. The molecule has 0 bridgehead atoms. The highest BCUT2D eigenvalue weighted by atomic mass is 35.5. The average molecular weight is 319 g/mol. The molecule has 0 aliphatic heterocycles. The molecule has 0 saturated carbocycles. The molecule has 0 aromatic heterocycles. The van der Waals surface area contributed by atoms with Crippen molar-refractivity contribution in [3.8, 4) is 0 Å². The quantitative estimate of drug-likeness (QED) is 0.928. The maximum absolute atomic E-state index is 11.0. The van der Waals surface area contributed by atoms with Crippen LogP contribution >= 0.6 is 35.6 Å². The van der Waals surface area contributed by atoms with E-state index in [1.54, 1.807) is 18.2 Å². The van der Waals surface area contributed by atoms with Crippen molar-refractivity contribution in [1.29, 1.82) is 0 Å². The van der Waals surface area contributed by atoms with Crippen LogP contribution in [0.15, 0.2) is 18.2 Å². The molecule has 0 aliphatic carbocycles. The molecule has 98 valence electrons. The first-order valence-electron chi connectivity index (χ1n) is 4.68. The van der Waals surface area contributed by atoms with E-state index >= 15 is 0 Å². The number of hydrogen-bond donors (Lipinski definition) is 1. The van der Waals surface area contributed by atoms with Gasteiger partial charge in [0.1, 0.15) is 9.84 Å². The van der Waals surface area contributed by atoms with Crippen molar-refractivity contribution in [2.75, 3.05) is 12.0 Å². The minimum absolute atomic E-state index is 0. The molecule has 0 heterocycles. The van der Waals surface area contributed by atoms with Crippen LogP contribution in [0.25, 0.3) is 0 Å².